The Balaban J connectivity index is 4.32. The summed E-state index contributed by atoms with van der Waals surface area (Å²) in [6.45, 7) is 7.22. The molecule has 0 bridgehead atoms. The minimum Gasteiger partial charge on any atom is -0.479 e. The lowest BCUT2D eigenvalue weighted by Crippen LogP contribution is -2.42. The average molecular weight is 257 g/mol. The number of alkyl carbamates (subject to hydrolysis) is 1. The Hall–Kier alpha value is -1.52. The van der Waals surface area contributed by atoms with Crippen molar-refractivity contribution in [3.05, 3.63) is 12.2 Å². The first-order chi connectivity index (χ1) is 8.26. The molecule has 0 aliphatic heterocycles. The lowest BCUT2D eigenvalue weighted by molar-refractivity contribution is -0.138. The van der Waals surface area contributed by atoms with Crippen LogP contribution in [0.4, 0.5) is 4.79 Å². The van der Waals surface area contributed by atoms with Gasteiger partial charge in [-0.2, -0.15) is 0 Å². The van der Waals surface area contributed by atoms with E-state index in [-0.39, 0.29) is 0 Å². The fourth-order valence-corrected chi connectivity index (χ4v) is 1.18. The summed E-state index contributed by atoms with van der Waals surface area (Å²) in [5.41, 5.74) is -0.640. The number of carbonyl (C=O) groups is 2. The highest BCUT2D eigenvalue weighted by Gasteiger charge is 2.21. The fraction of sp³-hybridized carbons (Fsp3) is 0.692. The van der Waals surface area contributed by atoms with Gasteiger partial charge in [-0.3, -0.25) is 0 Å². The van der Waals surface area contributed by atoms with Crippen molar-refractivity contribution in [3.63, 3.8) is 0 Å². The molecule has 5 heteroatoms. The van der Waals surface area contributed by atoms with Crippen molar-refractivity contribution in [3.8, 4) is 0 Å². The minimum absolute atomic E-state index is 0.640. The van der Waals surface area contributed by atoms with Gasteiger partial charge < -0.3 is 15.2 Å². The summed E-state index contributed by atoms with van der Waals surface area (Å²) < 4.78 is 5.00. The Morgan fingerprint density at radius 3 is 2.44 bits per heavy atom. The highest BCUT2D eigenvalue weighted by molar-refractivity contribution is 5.81. The fourth-order valence-electron chi connectivity index (χ4n) is 1.18. The molecular formula is C13H23NO4. The summed E-state index contributed by atoms with van der Waals surface area (Å²) in [5.74, 6) is -1.10. The highest BCUT2D eigenvalue weighted by Crippen LogP contribution is 2.07. The summed E-state index contributed by atoms with van der Waals surface area (Å²) >= 11 is 0. The van der Waals surface area contributed by atoms with E-state index in [0.717, 1.165) is 19.3 Å². The molecule has 5 nitrogen and oxygen atoms in total. The van der Waals surface area contributed by atoms with Crippen LogP contribution in [0.3, 0.4) is 0 Å². The smallest absolute Gasteiger partial charge is 0.408 e. The van der Waals surface area contributed by atoms with Gasteiger partial charge in [0.05, 0.1) is 0 Å². The topological polar surface area (TPSA) is 75.6 Å². The molecule has 2 N–H and O–H groups in total. The molecule has 104 valence electrons. The van der Waals surface area contributed by atoms with Crippen LogP contribution in [0.1, 0.15) is 47.0 Å². The third-order valence-electron chi connectivity index (χ3n) is 1.99. The van der Waals surface area contributed by atoms with E-state index in [1.807, 2.05) is 0 Å². The van der Waals surface area contributed by atoms with Crippen LogP contribution in [0.15, 0.2) is 12.2 Å². The van der Waals surface area contributed by atoms with Gasteiger partial charge >= 0.3 is 12.1 Å². The molecule has 0 rings (SSSR count). The molecule has 0 aliphatic carbocycles. The van der Waals surface area contributed by atoms with E-state index in [9.17, 15) is 9.59 Å². The van der Waals surface area contributed by atoms with Gasteiger partial charge in [-0.1, -0.05) is 31.9 Å². The van der Waals surface area contributed by atoms with Crippen LogP contribution in [0, 0.1) is 0 Å². The third kappa shape index (κ3) is 8.61. The SMILES string of the molecule is CCCC/C=C/[C@H](NC(=O)OC(C)(C)C)C(=O)O. The Morgan fingerprint density at radius 1 is 1.39 bits per heavy atom. The summed E-state index contributed by atoms with van der Waals surface area (Å²) in [5, 5.41) is 11.3. The van der Waals surface area contributed by atoms with Crippen molar-refractivity contribution in [2.24, 2.45) is 0 Å². The van der Waals surface area contributed by atoms with Gasteiger partial charge in [-0.15, -0.1) is 0 Å². The number of carboxylic acids is 1. The first kappa shape index (κ1) is 16.5. The maximum Gasteiger partial charge on any atom is 0.408 e. The number of aliphatic carboxylic acids is 1. The summed E-state index contributed by atoms with van der Waals surface area (Å²) in [6.07, 6.45) is 5.35. The Morgan fingerprint density at radius 2 is 2.00 bits per heavy atom. The van der Waals surface area contributed by atoms with Gasteiger partial charge in [0, 0.05) is 0 Å². The second kappa shape index (κ2) is 7.74. The van der Waals surface area contributed by atoms with E-state index >= 15 is 0 Å². The molecule has 0 saturated heterocycles. The first-order valence-corrected chi connectivity index (χ1v) is 6.15. The number of allylic oxidation sites excluding steroid dienone is 1. The van der Waals surface area contributed by atoms with E-state index < -0.39 is 23.7 Å². The number of hydrogen-bond acceptors (Lipinski definition) is 3. The zero-order chi connectivity index (χ0) is 14.2. The van der Waals surface area contributed by atoms with Gasteiger partial charge in [0.1, 0.15) is 11.6 Å². The molecule has 0 saturated carbocycles. The first-order valence-electron chi connectivity index (χ1n) is 6.15. The number of carboxylic acid groups (broad SMARTS) is 1. The van der Waals surface area contributed by atoms with E-state index in [4.69, 9.17) is 9.84 Å². The third-order valence-corrected chi connectivity index (χ3v) is 1.99. The van der Waals surface area contributed by atoms with Crippen LogP contribution in [0.25, 0.3) is 0 Å². The molecule has 0 heterocycles. The number of carbonyl (C=O) groups excluding carboxylic acids is 1. The van der Waals surface area contributed by atoms with Crippen molar-refractivity contribution in [1.82, 2.24) is 5.32 Å². The lowest BCUT2D eigenvalue weighted by atomic mass is 10.2. The van der Waals surface area contributed by atoms with Crippen molar-refractivity contribution in [1.29, 1.82) is 0 Å². The second-order valence-corrected chi connectivity index (χ2v) is 5.03. The molecule has 0 spiro atoms. The zero-order valence-electron chi connectivity index (χ0n) is 11.5. The van der Waals surface area contributed by atoms with E-state index in [1.165, 1.54) is 6.08 Å². The number of nitrogens with one attached hydrogen (secondary N) is 1. The summed E-state index contributed by atoms with van der Waals surface area (Å²) in [6, 6.07) is -1.04. The van der Waals surface area contributed by atoms with Crippen molar-refractivity contribution in [2.45, 2.75) is 58.6 Å². The van der Waals surface area contributed by atoms with Gasteiger partial charge in [0.2, 0.25) is 0 Å². The number of ether oxygens (including phenoxy) is 1. The highest BCUT2D eigenvalue weighted by atomic mass is 16.6. The largest absolute Gasteiger partial charge is 0.479 e. The average Bonchev–Trinajstić information content (AvgIpc) is 2.19. The molecule has 0 fully saturated rings. The molecule has 1 amide bonds. The van der Waals surface area contributed by atoms with Gasteiger partial charge in [0.25, 0.3) is 0 Å². The lowest BCUT2D eigenvalue weighted by Gasteiger charge is -2.21. The molecule has 1 atom stereocenters. The molecule has 0 radical (unpaired) electrons. The molecular weight excluding hydrogens is 234 g/mol. The number of hydrogen-bond donors (Lipinski definition) is 2. The van der Waals surface area contributed by atoms with Crippen LogP contribution in [-0.4, -0.2) is 28.8 Å². The van der Waals surface area contributed by atoms with Gasteiger partial charge in [0.15, 0.2) is 0 Å². The monoisotopic (exact) mass is 257 g/mol. The van der Waals surface area contributed by atoms with Crippen LogP contribution in [-0.2, 0) is 9.53 Å². The molecule has 0 aromatic rings. The molecule has 0 aromatic carbocycles. The predicted octanol–water partition coefficient (Wildman–Crippen LogP) is 2.71. The Bertz CT molecular complexity index is 305. The van der Waals surface area contributed by atoms with Crippen molar-refractivity contribution in [2.75, 3.05) is 0 Å². The van der Waals surface area contributed by atoms with E-state index in [2.05, 4.69) is 12.2 Å². The van der Waals surface area contributed by atoms with Crippen LogP contribution < -0.4 is 5.32 Å². The molecule has 0 aromatic heterocycles. The predicted molar refractivity (Wildman–Crippen MR) is 69.5 cm³/mol. The van der Waals surface area contributed by atoms with Crippen molar-refractivity contribution < 1.29 is 19.4 Å². The van der Waals surface area contributed by atoms with Gasteiger partial charge in [-0.05, 0) is 27.2 Å². The standard InChI is InChI=1S/C13H23NO4/c1-5-6-7-8-9-10(11(15)16)14-12(17)18-13(2,3)4/h8-10H,5-7H2,1-4H3,(H,14,17)(H,15,16)/b9-8+/t10-/m0/s1. The zero-order valence-corrected chi connectivity index (χ0v) is 11.5. The quantitative estimate of drug-likeness (QED) is 0.566. The van der Waals surface area contributed by atoms with Crippen LogP contribution >= 0.6 is 0 Å². The second-order valence-electron chi connectivity index (χ2n) is 5.03. The minimum atomic E-state index is -1.10. The maximum atomic E-state index is 11.4. The van der Waals surface area contributed by atoms with Gasteiger partial charge in [-0.25, -0.2) is 9.59 Å². The molecule has 0 aliphatic rings. The van der Waals surface area contributed by atoms with E-state index in [0.29, 0.717) is 0 Å². The van der Waals surface area contributed by atoms with E-state index in [1.54, 1.807) is 26.8 Å². The summed E-state index contributed by atoms with van der Waals surface area (Å²) in [4.78, 5) is 22.4. The number of rotatable bonds is 6. The molecule has 0 unspecified atom stereocenters. The van der Waals surface area contributed by atoms with Crippen molar-refractivity contribution >= 4 is 12.1 Å². The Kier molecular flexibility index (Phi) is 7.08. The maximum absolute atomic E-state index is 11.4. The molecule has 18 heavy (non-hydrogen) atoms. The Labute approximate surface area is 108 Å². The number of amides is 1. The van der Waals surface area contributed by atoms with Crippen LogP contribution in [0.5, 0.6) is 0 Å². The number of unbranched alkanes of at least 4 members (excludes halogenated alkanes) is 2. The normalized spacial score (nSPS) is 13.3. The summed E-state index contributed by atoms with van der Waals surface area (Å²) in [7, 11) is 0. The van der Waals surface area contributed by atoms with Crippen LogP contribution in [0.2, 0.25) is 0 Å².